The summed E-state index contributed by atoms with van der Waals surface area (Å²) in [6.07, 6.45) is -3.88. The van der Waals surface area contributed by atoms with E-state index >= 15 is 0 Å². The average Bonchev–Trinajstić information content (AvgIpc) is 2.52. The van der Waals surface area contributed by atoms with Gasteiger partial charge < -0.3 is 15.5 Å². The van der Waals surface area contributed by atoms with Gasteiger partial charge in [-0.05, 0) is 25.0 Å². The molecule has 2 rings (SSSR count). The minimum atomic E-state index is -4.55. The first-order valence-corrected chi connectivity index (χ1v) is 7.48. The second-order valence-electron chi connectivity index (χ2n) is 5.77. The van der Waals surface area contributed by atoms with Crippen LogP contribution in [0.25, 0.3) is 0 Å². The van der Waals surface area contributed by atoms with Gasteiger partial charge >= 0.3 is 6.18 Å². The van der Waals surface area contributed by atoms with Crippen LogP contribution in [-0.2, 0) is 9.59 Å². The topological polar surface area (TPSA) is 79.5 Å². The van der Waals surface area contributed by atoms with Gasteiger partial charge in [0.25, 0.3) is 0 Å². The number of aromatic nitrogens is 1. The summed E-state index contributed by atoms with van der Waals surface area (Å²) in [6.45, 7) is 0.374. The summed E-state index contributed by atoms with van der Waals surface area (Å²) in [7, 11) is 1.33. The van der Waals surface area contributed by atoms with Crippen molar-refractivity contribution in [1.82, 2.24) is 9.88 Å². The molecule has 2 amide bonds. The number of alkyl halides is 3. The summed E-state index contributed by atoms with van der Waals surface area (Å²) >= 11 is 0. The summed E-state index contributed by atoms with van der Waals surface area (Å²) in [5.41, 5.74) is 5.44. The van der Waals surface area contributed by atoms with Gasteiger partial charge in [0.2, 0.25) is 11.8 Å². The van der Waals surface area contributed by atoms with Crippen LogP contribution in [-0.4, -0.2) is 53.6 Å². The standard InChI is InChI=1S/C15H19F3N4O2/c1-21(13(23)9-15(16,17)18)10-5-7-22(11(8-10)14(19)24)12-4-2-3-6-20-12/h2-4,6,10-11H,5,7-9H2,1H3,(H2,19,24). The average molecular weight is 344 g/mol. The van der Waals surface area contributed by atoms with Crippen molar-refractivity contribution < 1.29 is 22.8 Å². The Kier molecular flexibility index (Phi) is 5.30. The predicted octanol–water partition coefficient (Wildman–Crippen LogP) is 1.32. The fourth-order valence-electron chi connectivity index (χ4n) is 2.87. The first-order chi connectivity index (χ1) is 11.2. The molecule has 1 saturated heterocycles. The highest BCUT2D eigenvalue weighted by Gasteiger charge is 2.38. The molecule has 1 fully saturated rings. The molecule has 1 aromatic heterocycles. The van der Waals surface area contributed by atoms with Crippen LogP contribution in [0.15, 0.2) is 24.4 Å². The van der Waals surface area contributed by atoms with E-state index in [0.717, 1.165) is 4.90 Å². The normalized spacial score (nSPS) is 21.4. The second-order valence-corrected chi connectivity index (χ2v) is 5.77. The van der Waals surface area contributed by atoms with Crippen molar-refractivity contribution in [1.29, 1.82) is 0 Å². The highest BCUT2D eigenvalue weighted by atomic mass is 19.4. The van der Waals surface area contributed by atoms with Crippen molar-refractivity contribution in [3.05, 3.63) is 24.4 Å². The number of hydrogen-bond acceptors (Lipinski definition) is 4. The van der Waals surface area contributed by atoms with E-state index in [0.29, 0.717) is 18.8 Å². The van der Waals surface area contributed by atoms with Crippen molar-refractivity contribution >= 4 is 17.6 Å². The number of piperidine rings is 1. The summed E-state index contributed by atoms with van der Waals surface area (Å²) in [5, 5.41) is 0. The molecule has 0 aromatic carbocycles. The molecule has 0 spiro atoms. The molecule has 0 aliphatic carbocycles. The molecule has 0 bridgehead atoms. The third-order valence-corrected chi connectivity index (χ3v) is 4.14. The van der Waals surface area contributed by atoms with Crippen LogP contribution in [0, 0.1) is 0 Å². The van der Waals surface area contributed by atoms with Gasteiger partial charge in [-0.15, -0.1) is 0 Å². The van der Waals surface area contributed by atoms with Crippen LogP contribution < -0.4 is 10.6 Å². The Morgan fingerprint density at radius 3 is 2.67 bits per heavy atom. The minimum absolute atomic E-state index is 0.173. The zero-order chi connectivity index (χ0) is 17.9. The largest absolute Gasteiger partial charge is 0.397 e. The molecule has 2 N–H and O–H groups in total. The number of amides is 2. The molecule has 24 heavy (non-hydrogen) atoms. The van der Waals surface area contributed by atoms with Gasteiger partial charge in [-0.1, -0.05) is 6.07 Å². The van der Waals surface area contributed by atoms with Gasteiger partial charge in [-0.3, -0.25) is 9.59 Å². The van der Waals surface area contributed by atoms with Crippen LogP contribution in [0.1, 0.15) is 19.3 Å². The summed E-state index contributed by atoms with van der Waals surface area (Å²) in [6, 6.07) is 4.04. The lowest BCUT2D eigenvalue weighted by Crippen LogP contribution is -2.55. The number of carbonyl (C=O) groups is 2. The molecule has 2 atom stereocenters. The Bertz CT molecular complexity index is 594. The number of carbonyl (C=O) groups excluding carboxylic acids is 2. The monoisotopic (exact) mass is 344 g/mol. The first-order valence-electron chi connectivity index (χ1n) is 7.48. The van der Waals surface area contributed by atoms with E-state index < -0.39 is 36.5 Å². The molecule has 6 nitrogen and oxygen atoms in total. The molecule has 1 aliphatic heterocycles. The Morgan fingerprint density at radius 2 is 2.12 bits per heavy atom. The van der Waals surface area contributed by atoms with Crippen molar-refractivity contribution in [2.75, 3.05) is 18.5 Å². The zero-order valence-corrected chi connectivity index (χ0v) is 13.2. The third-order valence-electron chi connectivity index (χ3n) is 4.14. The smallest absolute Gasteiger partial charge is 0.368 e. The lowest BCUT2D eigenvalue weighted by atomic mass is 9.95. The van der Waals surface area contributed by atoms with Crippen LogP contribution in [0.5, 0.6) is 0 Å². The van der Waals surface area contributed by atoms with Crippen molar-refractivity contribution in [2.45, 2.75) is 37.5 Å². The number of primary amides is 1. The van der Waals surface area contributed by atoms with E-state index in [1.165, 1.54) is 7.05 Å². The maximum absolute atomic E-state index is 12.4. The summed E-state index contributed by atoms with van der Waals surface area (Å²) < 4.78 is 37.2. The Labute approximate surface area is 137 Å². The lowest BCUT2D eigenvalue weighted by Gasteiger charge is -2.41. The maximum atomic E-state index is 12.4. The number of nitrogens with two attached hydrogens (primary N) is 1. The first kappa shape index (κ1) is 18.0. The van der Waals surface area contributed by atoms with Gasteiger partial charge in [0.15, 0.2) is 0 Å². The van der Waals surface area contributed by atoms with Gasteiger partial charge in [-0.2, -0.15) is 13.2 Å². The number of nitrogens with zero attached hydrogens (tertiary/aromatic N) is 3. The minimum Gasteiger partial charge on any atom is -0.368 e. The second kappa shape index (κ2) is 7.06. The van der Waals surface area contributed by atoms with Gasteiger partial charge in [-0.25, -0.2) is 4.98 Å². The Morgan fingerprint density at radius 1 is 1.42 bits per heavy atom. The SMILES string of the molecule is CN(C(=O)CC(F)(F)F)C1CCN(c2ccccn2)C(C(N)=O)C1. The van der Waals surface area contributed by atoms with E-state index in [9.17, 15) is 22.8 Å². The molecular formula is C15H19F3N4O2. The Balaban J connectivity index is 2.10. The molecular weight excluding hydrogens is 325 g/mol. The molecule has 1 aromatic rings. The van der Waals surface area contributed by atoms with Crippen LogP contribution >= 0.6 is 0 Å². The lowest BCUT2D eigenvalue weighted by molar-refractivity contribution is -0.162. The fourth-order valence-corrected chi connectivity index (χ4v) is 2.87. The van der Waals surface area contributed by atoms with E-state index in [1.807, 2.05) is 0 Å². The molecule has 132 valence electrons. The summed E-state index contributed by atoms with van der Waals surface area (Å²) in [5.74, 6) is -1.03. The van der Waals surface area contributed by atoms with Gasteiger partial charge in [0.1, 0.15) is 18.3 Å². The maximum Gasteiger partial charge on any atom is 0.397 e. The molecule has 0 saturated carbocycles. The number of anilines is 1. The van der Waals surface area contributed by atoms with Crippen LogP contribution in [0.4, 0.5) is 19.0 Å². The van der Waals surface area contributed by atoms with Crippen LogP contribution in [0.3, 0.4) is 0 Å². The molecule has 2 heterocycles. The molecule has 1 aliphatic rings. The summed E-state index contributed by atoms with van der Waals surface area (Å²) in [4.78, 5) is 30.5. The van der Waals surface area contributed by atoms with E-state index in [4.69, 9.17) is 5.73 Å². The predicted molar refractivity (Wildman–Crippen MR) is 81.0 cm³/mol. The number of rotatable bonds is 4. The fraction of sp³-hybridized carbons (Fsp3) is 0.533. The van der Waals surface area contributed by atoms with E-state index in [-0.39, 0.29) is 6.42 Å². The van der Waals surface area contributed by atoms with E-state index in [2.05, 4.69) is 4.98 Å². The highest BCUT2D eigenvalue weighted by Crippen LogP contribution is 2.27. The Hall–Kier alpha value is -2.32. The van der Waals surface area contributed by atoms with Crippen molar-refractivity contribution in [2.24, 2.45) is 5.73 Å². The molecule has 0 radical (unpaired) electrons. The number of pyridine rings is 1. The third kappa shape index (κ3) is 4.36. The molecule has 9 heteroatoms. The van der Waals surface area contributed by atoms with Crippen LogP contribution in [0.2, 0.25) is 0 Å². The number of hydrogen-bond donors (Lipinski definition) is 1. The van der Waals surface area contributed by atoms with Gasteiger partial charge in [0.05, 0.1) is 0 Å². The highest BCUT2D eigenvalue weighted by molar-refractivity contribution is 5.84. The van der Waals surface area contributed by atoms with E-state index in [1.54, 1.807) is 29.3 Å². The quantitative estimate of drug-likeness (QED) is 0.893. The van der Waals surface area contributed by atoms with Crippen molar-refractivity contribution in [3.63, 3.8) is 0 Å². The molecule has 2 unspecified atom stereocenters. The zero-order valence-electron chi connectivity index (χ0n) is 13.2. The van der Waals surface area contributed by atoms with Gasteiger partial charge in [0, 0.05) is 25.8 Å². The number of halogens is 3. The van der Waals surface area contributed by atoms with Crippen molar-refractivity contribution in [3.8, 4) is 0 Å².